The van der Waals surface area contributed by atoms with Gasteiger partial charge in [0.2, 0.25) is 5.91 Å². The van der Waals surface area contributed by atoms with Gasteiger partial charge >= 0.3 is 6.03 Å². The second-order valence-electron chi connectivity index (χ2n) is 4.76. The van der Waals surface area contributed by atoms with Crippen molar-refractivity contribution >= 4 is 35.1 Å². The van der Waals surface area contributed by atoms with Crippen LogP contribution in [0.5, 0.6) is 0 Å². The molecular formula is C13H8ClN3O3. The van der Waals surface area contributed by atoms with Crippen LogP contribution in [0.15, 0.2) is 18.2 Å². The molecule has 1 saturated heterocycles. The number of carbonyl (C=O) groups is 3. The highest BCUT2D eigenvalue weighted by atomic mass is 35.5. The van der Waals surface area contributed by atoms with Gasteiger partial charge in [0.25, 0.3) is 5.91 Å². The molecule has 0 aromatic heterocycles. The maximum Gasteiger partial charge on any atom is 0.335 e. The molecule has 0 radical (unpaired) electrons. The van der Waals surface area contributed by atoms with Gasteiger partial charge in [-0.05, 0) is 31.0 Å². The van der Waals surface area contributed by atoms with Gasteiger partial charge in [-0.15, -0.1) is 0 Å². The summed E-state index contributed by atoms with van der Waals surface area (Å²) < 4.78 is 0. The van der Waals surface area contributed by atoms with E-state index in [-0.39, 0.29) is 16.3 Å². The topological polar surface area (TPSA) is 90.3 Å². The number of barbiturate groups is 1. The SMILES string of the molecule is N#Cc1ccc(N2C(=O)NC(=O)C3(CC3)C2=O)cc1Cl. The van der Waals surface area contributed by atoms with E-state index in [9.17, 15) is 14.4 Å². The van der Waals surface area contributed by atoms with Gasteiger partial charge in [0.1, 0.15) is 11.5 Å². The number of carbonyl (C=O) groups excluding carboxylic acids is 3. The van der Waals surface area contributed by atoms with Crippen LogP contribution in [-0.4, -0.2) is 17.8 Å². The van der Waals surface area contributed by atoms with Gasteiger partial charge in [0, 0.05) is 0 Å². The average molecular weight is 290 g/mol. The lowest BCUT2D eigenvalue weighted by Gasteiger charge is -2.30. The van der Waals surface area contributed by atoms with Crippen LogP contribution in [0, 0.1) is 16.7 Å². The van der Waals surface area contributed by atoms with E-state index in [1.165, 1.54) is 18.2 Å². The summed E-state index contributed by atoms with van der Waals surface area (Å²) in [6, 6.07) is 5.34. The summed E-state index contributed by atoms with van der Waals surface area (Å²) in [5.41, 5.74) is -0.610. The van der Waals surface area contributed by atoms with Crippen LogP contribution in [0.4, 0.5) is 10.5 Å². The first-order chi connectivity index (χ1) is 9.49. The van der Waals surface area contributed by atoms with Crippen LogP contribution in [0.25, 0.3) is 0 Å². The number of imide groups is 2. The van der Waals surface area contributed by atoms with E-state index in [1.54, 1.807) is 0 Å². The second-order valence-corrected chi connectivity index (χ2v) is 5.17. The second kappa shape index (κ2) is 4.05. The highest BCUT2D eigenvalue weighted by molar-refractivity contribution is 6.34. The fourth-order valence-corrected chi connectivity index (χ4v) is 2.43. The van der Waals surface area contributed by atoms with Crippen LogP contribution in [0.1, 0.15) is 18.4 Å². The number of hydrogen-bond acceptors (Lipinski definition) is 4. The third-order valence-corrected chi connectivity index (χ3v) is 3.86. The lowest BCUT2D eigenvalue weighted by atomic mass is 10.0. The lowest BCUT2D eigenvalue weighted by Crippen LogP contribution is -2.59. The van der Waals surface area contributed by atoms with Gasteiger partial charge in [0.15, 0.2) is 0 Å². The van der Waals surface area contributed by atoms with Crippen molar-refractivity contribution in [3.05, 3.63) is 28.8 Å². The van der Waals surface area contributed by atoms with E-state index >= 15 is 0 Å². The molecule has 1 aromatic carbocycles. The zero-order valence-corrected chi connectivity index (χ0v) is 10.9. The molecule has 1 aliphatic heterocycles. The Kier molecular flexibility index (Phi) is 2.56. The van der Waals surface area contributed by atoms with Crippen LogP contribution in [0.3, 0.4) is 0 Å². The van der Waals surface area contributed by atoms with Crippen LogP contribution in [-0.2, 0) is 9.59 Å². The molecule has 1 spiro atoms. The molecule has 2 fully saturated rings. The molecule has 1 N–H and O–H groups in total. The van der Waals surface area contributed by atoms with E-state index in [0.29, 0.717) is 12.8 Å². The molecule has 0 bridgehead atoms. The highest BCUT2D eigenvalue weighted by Crippen LogP contribution is 2.49. The standard InChI is InChI=1S/C13H8ClN3O3/c14-9-5-8(2-1-7(9)6-15)17-11(19)13(3-4-13)10(18)16-12(17)20/h1-2,5H,3-4H2,(H,16,18,20). The Hall–Kier alpha value is -2.39. The van der Waals surface area contributed by atoms with Gasteiger partial charge in [-0.2, -0.15) is 5.26 Å². The number of hydrogen-bond donors (Lipinski definition) is 1. The first kappa shape index (κ1) is 12.6. The summed E-state index contributed by atoms with van der Waals surface area (Å²) >= 11 is 5.90. The van der Waals surface area contributed by atoms with E-state index in [4.69, 9.17) is 16.9 Å². The van der Waals surface area contributed by atoms with Gasteiger partial charge in [0.05, 0.1) is 16.3 Å². The van der Waals surface area contributed by atoms with Gasteiger partial charge < -0.3 is 0 Å². The number of nitrogens with zero attached hydrogens (tertiary/aromatic N) is 2. The van der Waals surface area contributed by atoms with Crippen molar-refractivity contribution in [2.24, 2.45) is 5.41 Å². The molecule has 0 atom stereocenters. The molecule has 1 saturated carbocycles. The fourth-order valence-electron chi connectivity index (χ4n) is 2.21. The maximum atomic E-state index is 12.3. The van der Waals surface area contributed by atoms with Crippen LogP contribution < -0.4 is 10.2 Å². The predicted molar refractivity (Wildman–Crippen MR) is 68.9 cm³/mol. The smallest absolute Gasteiger partial charge is 0.276 e. The Morgan fingerprint density at radius 3 is 2.55 bits per heavy atom. The molecular weight excluding hydrogens is 282 g/mol. The van der Waals surface area contributed by atoms with Gasteiger partial charge in [-0.1, -0.05) is 11.6 Å². The molecule has 2 aliphatic rings. The minimum Gasteiger partial charge on any atom is -0.276 e. The summed E-state index contributed by atoms with van der Waals surface area (Å²) in [5.74, 6) is -1.07. The summed E-state index contributed by atoms with van der Waals surface area (Å²) in [5, 5.41) is 11.1. The minimum absolute atomic E-state index is 0.146. The normalized spacial score (nSPS) is 19.8. The molecule has 4 amide bonds. The summed E-state index contributed by atoms with van der Waals surface area (Å²) in [6.07, 6.45) is 0.872. The Bertz CT molecular complexity index is 703. The number of amides is 4. The zero-order chi connectivity index (χ0) is 14.5. The Labute approximate surface area is 118 Å². The van der Waals surface area contributed by atoms with E-state index < -0.39 is 23.3 Å². The van der Waals surface area contributed by atoms with E-state index in [1.807, 2.05) is 6.07 Å². The number of halogens is 1. The van der Waals surface area contributed by atoms with E-state index in [2.05, 4.69) is 5.32 Å². The number of rotatable bonds is 1. The molecule has 3 rings (SSSR count). The largest absolute Gasteiger partial charge is 0.335 e. The van der Waals surface area contributed by atoms with Gasteiger partial charge in [-0.3, -0.25) is 14.9 Å². The van der Waals surface area contributed by atoms with Crippen molar-refractivity contribution in [2.45, 2.75) is 12.8 Å². The van der Waals surface area contributed by atoms with Crippen LogP contribution >= 0.6 is 11.6 Å². The molecule has 100 valence electrons. The average Bonchev–Trinajstić information content (AvgIpc) is 3.19. The molecule has 1 heterocycles. The summed E-state index contributed by atoms with van der Waals surface area (Å²) in [6.45, 7) is 0. The van der Waals surface area contributed by atoms with Crippen molar-refractivity contribution in [1.29, 1.82) is 5.26 Å². The minimum atomic E-state index is -1.10. The lowest BCUT2D eigenvalue weighted by molar-refractivity contribution is -0.136. The number of nitrogens with one attached hydrogen (secondary N) is 1. The van der Waals surface area contributed by atoms with Crippen molar-refractivity contribution in [2.75, 3.05) is 4.90 Å². The van der Waals surface area contributed by atoms with E-state index in [0.717, 1.165) is 4.90 Å². The maximum absolute atomic E-state index is 12.3. The third kappa shape index (κ3) is 1.60. The summed E-state index contributed by atoms with van der Waals surface area (Å²) in [7, 11) is 0. The fraction of sp³-hybridized carbons (Fsp3) is 0.231. The molecule has 20 heavy (non-hydrogen) atoms. The number of nitriles is 1. The van der Waals surface area contributed by atoms with Gasteiger partial charge in [-0.25, -0.2) is 9.69 Å². The predicted octanol–water partition coefficient (Wildman–Crippen LogP) is 1.57. The first-order valence-corrected chi connectivity index (χ1v) is 6.27. The van der Waals surface area contributed by atoms with Crippen molar-refractivity contribution in [3.8, 4) is 6.07 Å². The first-order valence-electron chi connectivity index (χ1n) is 5.89. The van der Waals surface area contributed by atoms with Crippen molar-refractivity contribution < 1.29 is 14.4 Å². The summed E-state index contributed by atoms with van der Waals surface area (Å²) in [4.78, 5) is 36.8. The Morgan fingerprint density at radius 2 is 2.00 bits per heavy atom. The molecule has 1 aliphatic carbocycles. The van der Waals surface area contributed by atoms with Crippen molar-refractivity contribution in [1.82, 2.24) is 5.32 Å². The Morgan fingerprint density at radius 1 is 1.30 bits per heavy atom. The number of urea groups is 1. The third-order valence-electron chi connectivity index (χ3n) is 3.55. The molecule has 6 nitrogen and oxygen atoms in total. The number of benzene rings is 1. The highest BCUT2D eigenvalue weighted by Gasteiger charge is 2.62. The monoisotopic (exact) mass is 289 g/mol. The molecule has 1 aromatic rings. The number of anilines is 1. The Balaban J connectivity index is 2.03. The quantitative estimate of drug-likeness (QED) is 0.795. The van der Waals surface area contributed by atoms with Crippen LogP contribution in [0.2, 0.25) is 5.02 Å². The van der Waals surface area contributed by atoms with Crippen molar-refractivity contribution in [3.63, 3.8) is 0 Å². The molecule has 0 unspecified atom stereocenters. The molecule has 7 heteroatoms. The zero-order valence-electron chi connectivity index (χ0n) is 10.1.